The molecule has 1 saturated carbocycles. The molecule has 0 aromatic heterocycles. The normalized spacial score (nSPS) is 21.2. The maximum Gasteiger partial charge on any atom is 0.0788 e. The van der Waals surface area contributed by atoms with Crippen molar-refractivity contribution in [3.63, 3.8) is 0 Å². The smallest absolute Gasteiger partial charge is 0.0788 e. The zero-order valence-corrected chi connectivity index (χ0v) is 8.97. The van der Waals surface area contributed by atoms with Crippen LogP contribution in [0.15, 0.2) is 0 Å². The van der Waals surface area contributed by atoms with E-state index in [2.05, 4.69) is 19.3 Å². The minimum Gasteiger partial charge on any atom is -0.377 e. The van der Waals surface area contributed by atoms with E-state index >= 15 is 0 Å². The Hall–Kier alpha value is -0.120. The van der Waals surface area contributed by atoms with Crippen molar-refractivity contribution in [1.29, 1.82) is 0 Å². The van der Waals surface area contributed by atoms with Crippen LogP contribution in [0.1, 0.15) is 39.5 Å². The first kappa shape index (κ1) is 11.0. The van der Waals surface area contributed by atoms with Gasteiger partial charge in [0, 0.05) is 13.2 Å². The van der Waals surface area contributed by atoms with Gasteiger partial charge in [0.05, 0.1) is 5.60 Å². The highest BCUT2D eigenvalue weighted by atomic mass is 16.5. The van der Waals surface area contributed by atoms with Gasteiger partial charge in [0.25, 0.3) is 0 Å². The highest BCUT2D eigenvalue weighted by Crippen LogP contribution is 2.33. The van der Waals surface area contributed by atoms with Crippen LogP contribution in [0.3, 0.4) is 0 Å². The molecule has 3 heteroatoms. The molecular weight excluding hydrogens is 164 g/mol. The molecule has 1 rings (SSSR count). The molecule has 0 heterocycles. The number of hydrogen-bond donors (Lipinski definition) is 2. The van der Waals surface area contributed by atoms with E-state index in [1.165, 1.54) is 19.3 Å². The fraction of sp³-hybridized carbons (Fsp3) is 1.00. The average molecular weight is 186 g/mol. The lowest BCUT2D eigenvalue weighted by molar-refractivity contribution is -0.0203. The molecule has 3 N–H and O–H groups in total. The summed E-state index contributed by atoms with van der Waals surface area (Å²) in [5.74, 6) is 6.39. The van der Waals surface area contributed by atoms with Crippen molar-refractivity contribution >= 4 is 0 Å². The number of methoxy groups -OCH3 is 1. The fourth-order valence-corrected chi connectivity index (χ4v) is 1.76. The molecular formula is C10H22N2O. The highest BCUT2D eigenvalue weighted by molar-refractivity contribution is 4.87. The number of hydrazine groups is 1. The van der Waals surface area contributed by atoms with Crippen LogP contribution in [0.5, 0.6) is 0 Å². The highest BCUT2D eigenvalue weighted by Gasteiger charge is 2.32. The quantitative estimate of drug-likeness (QED) is 0.504. The van der Waals surface area contributed by atoms with Gasteiger partial charge in [-0.25, -0.2) is 0 Å². The van der Waals surface area contributed by atoms with Crippen molar-refractivity contribution in [3.05, 3.63) is 0 Å². The van der Waals surface area contributed by atoms with Crippen LogP contribution in [-0.4, -0.2) is 18.8 Å². The molecule has 1 aliphatic rings. The standard InChI is InChI=1S/C10H22N2O/c1-10(2,13-3)9(12-11)7-8-5-4-6-8/h8-9,12H,4-7,11H2,1-3H3. The summed E-state index contributed by atoms with van der Waals surface area (Å²) in [6.07, 6.45) is 5.24. The molecule has 3 nitrogen and oxygen atoms in total. The van der Waals surface area contributed by atoms with E-state index in [0.29, 0.717) is 0 Å². The molecule has 13 heavy (non-hydrogen) atoms. The molecule has 1 fully saturated rings. The predicted molar refractivity (Wildman–Crippen MR) is 54.2 cm³/mol. The van der Waals surface area contributed by atoms with Gasteiger partial charge in [-0.3, -0.25) is 11.3 Å². The molecule has 0 saturated heterocycles. The van der Waals surface area contributed by atoms with Gasteiger partial charge in [-0.15, -0.1) is 0 Å². The molecule has 1 aliphatic carbocycles. The summed E-state index contributed by atoms with van der Waals surface area (Å²) in [4.78, 5) is 0. The third-order valence-corrected chi connectivity index (χ3v) is 3.36. The van der Waals surface area contributed by atoms with Crippen LogP contribution in [0.25, 0.3) is 0 Å². The van der Waals surface area contributed by atoms with Crippen LogP contribution in [0, 0.1) is 5.92 Å². The Balaban J connectivity index is 2.40. The molecule has 1 atom stereocenters. The number of ether oxygens (including phenoxy) is 1. The molecule has 0 aliphatic heterocycles. The first-order valence-corrected chi connectivity index (χ1v) is 5.11. The minimum atomic E-state index is -0.162. The lowest BCUT2D eigenvalue weighted by Crippen LogP contribution is -2.52. The van der Waals surface area contributed by atoms with E-state index in [1.807, 2.05) is 0 Å². The summed E-state index contributed by atoms with van der Waals surface area (Å²) in [5.41, 5.74) is 2.70. The molecule has 0 aromatic rings. The minimum absolute atomic E-state index is 0.162. The molecule has 78 valence electrons. The second-order valence-corrected chi connectivity index (χ2v) is 4.56. The molecule has 0 bridgehead atoms. The van der Waals surface area contributed by atoms with Gasteiger partial charge in [0.15, 0.2) is 0 Å². The first-order chi connectivity index (χ1) is 6.10. The van der Waals surface area contributed by atoms with Gasteiger partial charge in [-0.2, -0.15) is 0 Å². The zero-order valence-electron chi connectivity index (χ0n) is 8.97. The van der Waals surface area contributed by atoms with E-state index in [4.69, 9.17) is 10.6 Å². The second kappa shape index (κ2) is 4.40. The largest absolute Gasteiger partial charge is 0.377 e. The third-order valence-electron chi connectivity index (χ3n) is 3.36. The predicted octanol–water partition coefficient (Wildman–Crippen LogP) is 1.43. The lowest BCUT2D eigenvalue weighted by atomic mass is 9.78. The topological polar surface area (TPSA) is 47.3 Å². The van der Waals surface area contributed by atoms with Gasteiger partial charge in [-0.05, 0) is 26.2 Å². The fourth-order valence-electron chi connectivity index (χ4n) is 1.76. The number of nitrogens with two attached hydrogens (primary N) is 1. The Morgan fingerprint density at radius 3 is 2.46 bits per heavy atom. The van der Waals surface area contributed by atoms with Gasteiger partial charge in [0.1, 0.15) is 0 Å². The zero-order chi connectivity index (χ0) is 9.90. The van der Waals surface area contributed by atoms with Gasteiger partial charge in [-0.1, -0.05) is 19.3 Å². The van der Waals surface area contributed by atoms with E-state index in [1.54, 1.807) is 7.11 Å². The van der Waals surface area contributed by atoms with Crippen molar-refractivity contribution in [2.75, 3.05) is 7.11 Å². The van der Waals surface area contributed by atoms with Crippen molar-refractivity contribution < 1.29 is 4.74 Å². The Morgan fingerprint density at radius 2 is 2.15 bits per heavy atom. The SMILES string of the molecule is COC(C)(C)C(CC1CCC1)NN. The lowest BCUT2D eigenvalue weighted by Gasteiger charge is -2.37. The van der Waals surface area contributed by atoms with E-state index in [0.717, 1.165) is 12.3 Å². The molecule has 1 unspecified atom stereocenters. The summed E-state index contributed by atoms with van der Waals surface area (Å²) in [7, 11) is 1.74. The summed E-state index contributed by atoms with van der Waals surface area (Å²) in [5, 5.41) is 0. The van der Waals surface area contributed by atoms with Crippen molar-refractivity contribution in [3.8, 4) is 0 Å². The third kappa shape index (κ3) is 2.66. The Bertz CT molecular complexity index is 155. The summed E-state index contributed by atoms with van der Waals surface area (Å²) in [6, 6.07) is 0.266. The molecule has 0 radical (unpaired) electrons. The van der Waals surface area contributed by atoms with Crippen LogP contribution in [0.4, 0.5) is 0 Å². The molecule has 0 aromatic carbocycles. The summed E-state index contributed by atoms with van der Waals surface area (Å²) < 4.78 is 5.42. The van der Waals surface area contributed by atoms with Crippen molar-refractivity contribution in [1.82, 2.24) is 5.43 Å². The molecule has 0 amide bonds. The number of rotatable bonds is 5. The first-order valence-electron chi connectivity index (χ1n) is 5.11. The van der Waals surface area contributed by atoms with Crippen molar-refractivity contribution in [2.24, 2.45) is 11.8 Å². The van der Waals surface area contributed by atoms with Crippen LogP contribution >= 0.6 is 0 Å². The Labute approximate surface area is 81.0 Å². The molecule has 0 spiro atoms. The average Bonchev–Trinajstić information content (AvgIpc) is 2.02. The van der Waals surface area contributed by atoms with Crippen LogP contribution in [-0.2, 0) is 4.74 Å². The monoisotopic (exact) mass is 186 g/mol. The van der Waals surface area contributed by atoms with E-state index in [-0.39, 0.29) is 11.6 Å². The van der Waals surface area contributed by atoms with Gasteiger partial charge >= 0.3 is 0 Å². The maximum absolute atomic E-state index is 5.53. The van der Waals surface area contributed by atoms with Crippen LogP contribution in [0.2, 0.25) is 0 Å². The Morgan fingerprint density at radius 1 is 1.54 bits per heavy atom. The Kier molecular flexibility index (Phi) is 3.71. The maximum atomic E-state index is 5.53. The van der Waals surface area contributed by atoms with Crippen LogP contribution < -0.4 is 11.3 Å². The number of nitrogens with one attached hydrogen (secondary N) is 1. The van der Waals surface area contributed by atoms with E-state index < -0.39 is 0 Å². The van der Waals surface area contributed by atoms with Gasteiger partial charge < -0.3 is 4.74 Å². The van der Waals surface area contributed by atoms with Gasteiger partial charge in [0.2, 0.25) is 0 Å². The van der Waals surface area contributed by atoms with Crippen molar-refractivity contribution in [2.45, 2.75) is 51.2 Å². The second-order valence-electron chi connectivity index (χ2n) is 4.56. The summed E-state index contributed by atoms with van der Waals surface area (Å²) >= 11 is 0. The number of hydrogen-bond acceptors (Lipinski definition) is 3. The van der Waals surface area contributed by atoms with E-state index in [9.17, 15) is 0 Å². The summed E-state index contributed by atoms with van der Waals surface area (Å²) in [6.45, 7) is 4.16.